The first-order valence-corrected chi connectivity index (χ1v) is 3.35. The highest BCUT2D eigenvalue weighted by atomic mass is 15.0. The highest BCUT2D eigenvalue weighted by Gasteiger charge is 1.93. The van der Waals surface area contributed by atoms with E-state index in [1.807, 2.05) is 30.5 Å². The maximum absolute atomic E-state index is 6.78. The third-order valence-electron chi connectivity index (χ3n) is 1.67. The van der Waals surface area contributed by atoms with E-state index in [1.165, 1.54) is 0 Å². The van der Waals surface area contributed by atoms with Gasteiger partial charge in [0, 0.05) is 11.7 Å². The molecule has 0 aliphatic carbocycles. The number of benzene rings is 1. The Labute approximate surface area is 63.6 Å². The van der Waals surface area contributed by atoms with Crippen LogP contribution in [0.5, 0.6) is 0 Å². The Hall–Kier alpha value is -1.64. The lowest BCUT2D eigenvalue weighted by atomic mass is 10.2. The van der Waals surface area contributed by atoms with Crippen LogP contribution in [0.2, 0.25) is 0 Å². The fourth-order valence-corrected chi connectivity index (χ4v) is 1.11. The minimum absolute atomic E-state index is 0.681. The average molecular weight is 145 g/mol. The van der Waals surface area contributed by atoms with Gasteiger partial charge in [-0.3, -0.25) is 0 Å². The van der Waals surface area contributed by atoms with Crippen LogP contribution in [0.15, 0.2) is 35.6 Å². The number of hydrogen-bond acceptors (Lipinski definition) is 2. The number of nitrogens with one attached hydrogen (secondary N) is 2. The number of nitrogens with zero attached hydrogens (tertiary/aromatic N) is 1. The van der Waals surface area contributed by atoms with Crippen LogP contribution in [0.4, 0.5) is 5.69 Å². The summed E-state index contributed by atoms with van der Waals surface area (Å²) in [5.41, 5.74) is 8.49. The first kappa shape index (κ1) is 6.09. The van der Waals surface area contributed by atoms with Crippen LogP contribution < -0.4 is 0 Å². The van der Waals surface area contributed by atoms with Gasteiger partial charge in [0.25, 0.3) is 0 Å². The molecule has 0 aliphatic heterocycles. The molecule has 1 heterocycles. The molecule has 0 amide bonds. The number of fused-ring (bicyclic) bond motifs is 1. The minimum atomic E-state index is 0.681. The molecule has 2 rings (SSSR count). The van der Waals surface area contributed by atoms with Crippen molar-refractivity contribution in [3.8, 4) is 0 Å². The molecule has 1 aromatic heterocycles. The van der Waals surface area contributed by atoms with Crippen LogP contribution >= 0.6 is 0 Å². The number of aromatic nitrogens is 1. The van der Waals surface area contributed by atoms with Gasteiger partial charge >= 0.3 is 0 Å². The van der Waals surface area contributed by atoms with Crippen LogP contribution in [0.1, 0.15) is 0 Å². The molecule has 3 nitrogen and oxygen atoms in total. The van der Waals surface area contributed by atoms with Crippen LogP contribution in [-0.2, 0) is 0 Å². The molecular weight excluding hydrogens is 138 g/mol. The lowest BCUT2D eigenvalue weighted by Crippen LogP contribution is -1.65. The van der Waals surface area contributed by atoms with Gasteiger partial charge in [0.15, 0.2) is 0 Å². The van der Waals surface area contributed by atoms with Gasteiger partial charge in [0.1, 0.15) is 0 Å². The van der Waals surface area contributed by atoms with E-state index in [0.717, 1.165) is 10.9 Å². The molecule has 3 heteroatoms. The zero-order valence-electron chi connectivity index (χ0n) is 5.83. The van der Waals surface area contributed by atoms with Crippen molar-refractivity contribution in [1.29, 1.82) is 5.53 Å². The maximum atomic E-state index is 6.78. The largest absolute Gasteiger partial charge is 0.361 e. The third-order valence-corrected chi connectivity index (χ3v) is 1.67. The van der Waals surface area contributed by atoms with Gasteiger partial charge in [0.2, 0.25) is 0 Å². The second kappa shape index (κ2) is 2.20. The number of aromatic amines is 1. The van der Waals surface area contributed by atoms with Crippen LogP contribution in [0, 0.1) is 5.53 Å². The summed E-state index contributed by atoms with van der Waals surface area (Å²) in [6.07, 6.45) is 1.87. The van der Waals surface area contributed by atoms with Crippen molar-refractivity contribution in [1.82, 2.24) is 4.98 Å². The Kier molecular flexibility index (Phi) is 1.22. The molecule has 54 valence electrons. The average Bonchev–Trinajstić information content (AvgIpc) is 2.50. The highest BCUT2D eigenvalue weighted by Crippen LogP contribution is 2.19. The summed E-state index contributed by atoms with van der Waals surface area (Å²) in [7, 11) is 0. The van der Waals surface area contributed by atoms with Gasteiger partial charge < -0.3 is 4.98 Å². The smallest absolute Gasteiger partial charge is 0.0871 e. The van der Waals surface area contributed by atoms with E-state index in [2.05, 4.69) is 10.1 Å². The Morgan fingerprint density at radius 1 is 1.27 bits per heavy atom. The van der Waals surface area contributed by atoms with E-state index in [0.29, 0.717) is 5.69 Å². The first-order chi connectivity index (χ1) is 5.40. The second-order valence-electron chi connectivity index (χ2n) is 2.36. The standard InChI is InChI=1S/C8H7N3/c9-11-7-2-1-6-3-4-10-8(6)5-7/h1-5,9-10H. The molecule has 0 radical (unpaired) electrons. The van der Waals surface area contributed by atoms with Gasteiger partial charge in [-0.15, -0.1) is 0 Å². The Morgan fingerprint density at radius 2 is 2.18 bits per heavy atom. The summed E-state index contributed by atoms with van der Waals surface area (Å²) >= 11 is 0. The Morgan fingerprint density at radius 3 is 3.00 bits per heavy atom. The van der Waals surface area contributed by atoms with Crippen molar-refractivity contribution in [2.24, 2.45) is 5.11 Å². The molecule has 0 fully saturated rings. The van der Waals surface area contributed by atoms with Crippen molar-refractivity contribution in [2.45, 2.75) is 0 Å². The first-order valence-electron chi connectivity index (χ1n) is 3.35. The second-order valence-corrected chi connectivity index (χ2v) is 2.36. The topological polar surface area (TPSA) is 52.0 Å². The Bertz CT molecular complexity index is 389. The van der Waals surface area contributed by atoms with Gasteiger partial charge in [0.05, 0.1) is 5.69 Å². The molecule has 0 aliphatic rings. The molecule has 2 N–H and O–H groups in total. The van der Waals surface area contributed by atoms with E-state index in [-0.39, 0.29) is 0 Å². The van der Waals surface area contributed by atoms with Crippen LogP contribution in [-0.4, -0.2) is 4.98 Å². The quantitative estimate of drug-likeness (QED) is 0.580. The lowest BCUT2D eigenvalue weighted by Gasteiger charge is -1.90. The fourth-order valence-electron chi connectivity index (χ4n) is 1.11. The summed E-state index contributed by atoms with van der Waals surface area (Å²) in [5.74, 6) is 0. The molecule has 0 saturated heterocycles. The van der Waals surface area contributed by atoms with E-state index in [1.54, 1.807) is 0 Å². The van der Waals surface area contributed by atoms with Gasteiger partial charge in [-0.05, 0) is 23.6 Å². The molecule has 0 atom stereocenters. The summed E-state index contributed by atoms with van der Waals surface area (Å²) < 4.78 is 0. The summed E-state index contributed by atoms with van der Waals surface area (Å²) in [6.45, 7) is 0. The van der Waals surface area contributed by atoms with Crippen LogP contribution in [0.25, 0.3) is 10.9 Å². The molecule has 0 bridgehead atoms. The Balaban J connectivity index is 2.76. The minimum Gasteiger partial charge on any atom is -0.361 e. The predicted octanol–water partition coefficient (Wildman–Crippen LogP) is 2.83. The van der Waals surface area contributed by atoms with Crippen molar-refractivity contribution in [2.75, 3.05) is 0 Å². The molecule has 1 aromatic carbocycles. The van der Waals surface area contributed by atoms with Crippen molar-refractivity contribution < 1.29 is 0 Å². The molecule has 11 heavy (non-hydrogen) atoms. The molecule has 2 aromatic rings. The molecule has 0 saturated carbocycles. The fraction of sp³-hybridized carbons (Fsp3) is 0. The van der Waals surface area contributed by atoms with E-state index < -0.39 is 0 Å². The highest BCUT2D eigenvalue weighted by molar-refractivity contribution is 5.81. The van der Waals surface area contributed by atoms with E-state index in [4.69, 9.17) is 5.53 Å². The van der Waals surface area contributed by atoms with Crippen molar-refractivity contribution in [3.63, 3.8) is 0 Å². The van der Waals surface area contributed by atoms with Gasteiger partial charge in [-0.2, -0.15) is 5.11 Å². The number of hydrogen-bond donors (Lipinski definition) is 2. The molecular formula is C8H7N3. The van der Waals surface area contributed by atoms with Gasteiger partial charge in [-0.25, -0.2) is 5.53 Å². The predicted molar refractivity (Wildman–Crippen MR) is 43.1 cm³/mol. The monoisotopic (exact) mass is 145 g/mol. The maximum Gasteiger partial charge on any atom is 0.0871 e. The third kappa shape index (κ3) is 0.902. The van der Waals surface area contributed by atoms with Crippen molar-refractivity contribution in [3.05, 3.63) is 30.5 Å². The zero-order valence-corrected chi connectivity index (χ0v) is 5.83. The summed E-state index contributed by atoms with van der Waals surface area (Å²) in [6, 6.07) is 7.60. The number of H-pyrrole nitrogens is 1. The summed E-state index contributed by atoms with van der Waals surface area (Å²) in [4.78, 5) is 3.05. The van der Waals surface area contributed by atoms with E-state index in [9.17, 15) is 0 Å². The van der Waals surface area contributed by atoms with Gasteiger partial charge in [-0.1, -0.05) is 6.07 Å². The zero-order chi connectivity index (χ0) is 7.68. The lowest BCUT2D eigenvalue weighted by molar-refractivity contribution is 1.15. The summed E-state index contributed by atoms with van der Waals surface area (Å²) in [5, 5.41) is 4.48. The SMILES string of the molecule is N=Nc1ccc2cc[nH]c2c1. The van der Waals surface area contributed by atoms with E-state index >= 15 is 0 Å². The number of rotatable bonds is 1. The molecule has 0 unspecified atom stereocenters. The normalized spacial score (nSPS) is 10.2. The molecule has 0 spiro atoms. The van der Waals surface area contributed by atoms with Crippen molar-refractivity contribution >= 4 is 16.6 Å². The van der Waals surface area contributed by atoms with Crippen LogP contribution in [0.3, 0.4) is 0 Å².